The minimum atomic E-state index is -3.99. The van der Waals surface area contributed by atoms with Crippen LogP contribution in [0.25, 0.3) is 0 Å². The molecule has 0 aromatic heterocycles. The van der Waals surface area contributed by atoms with Crippen LogP contribution < -0.4 is 19.5 Å². The van der Waals surface area contributed by atoms with Crippen molar-refractivity contribution >= 4 is 33.2 Å². The van der Waals surface area contributed by atoms with Gasteiger partial charge in [0.25, 0.3) is 15.9 Å². The Bertz CT molecular complexity index is 1220. The number of halogens is 1. The number of carbonyl (C=O) groups is 1. The molecule has 1 amide bonds. The molecule has 0 aliphatic rings. The van der Waals surface area contributed by atoms with E-state index >= 15 is 0 Å². The van der Waals surface area contributed by atoms with E-state index in [0.29, 0.717) is 17.2 Å². The number of amides is 1. The summed E-state index contributed by atoms with van der Waals surface area (Å²) in [5.74, 6) is 0.673. The van der Waals surface area contributed by atoms with Crippen molar-refractivity contribution in [3.63, 3.8) is 0 Å². The Balaban J connectivity index is 1.82. The van der Waals surface area contributed by atoms with Crippen LogP contribution >= 0.6 is 11.6 Å². The maximum atomic E-state index is 12.8. The molecule has 0 spiro atoms. The van der Waals surface area contributed by atoms with E-state index in [2.05, 4.69) is 10.0 Å². The minimum absolute atomic E-state index is 0.0120. The molecule has 0 saturated carbocycles. The Morgan fingerprint density at radius 2 is 1.62 bits per heavy atom. The third-order valence-corrected chi connectivity index (χ3v) is 6.63. The van der Waals surface area contributed by atoms with Crippen LogP contribution in [0.15, 0.2) is 71.6 Å². The molecule has 0 aliphatic carbocycles. The fourth-order valence-electron chi connectivity index (χ4n) is 3.05. The largest absolute Gasteiger partial charge is 0.493 e. The van der Waals surface area contributed by atoms with Gasteiger partial charge in [0.05, 0.1) is 25.3 Å². The summed E-state index contributed by atoms with van der Waals surface area (Å²) in [4.78, 5) is 12.6. The second-order valence-corrected chi connectivity index (χ2v) is 8.98. The zero-order chi connectivity index (χ0) is 23.3. The lowest BCUT2D eigenvalue weighted by Crippen LogP contribution is -2.27. The number of hydrogen-bond acceptors (Lipinski definition) is 5. The first kappa shape index (κ1) is 23.4. The van der Waals surface area contributed by atoms with Gasteiger partial charge in [-0.1, -0.05) is 35.9 Å². The van der Waals surface area contributed by atoms with Gasteiger partial charge in [0.2, 0.25) is 0 Å². The van der Waals surface area contributed by atoms with E-state index in [1.807, 2.05) is 13.0 Å². The van der Waals surface area contributed by atoms with Crippen molar-refractivity contribution in [3.05, 3.63) is 82.9 Å². The van der Waals surface area contributed by atoms with Crippen molar-refractivity contribution in [3.8, 4) is 11.5 Å². The van der Waals surface area contributed by atoms with Gasteiger partial charge in [-0.15, -0.1) is 0 Å². The summed E-state index contributed by atoms with van der Waals surface area (Å²) in [7, 11) is -0.915. The Morgan fingerprint density at radius 1 is 0.938 bits per heavy atom. The summed E-state index contributed by atoms with van der Waals surface area (Å²) in [6.07, 6.45) is 0. The molecule has 0 aliphatic heterocycles. The number of ether oxygens (including phenoxy) is 2. The van der Waals surface area contributed by atoms with Crippen molar-refractivity contribution in [2.75, 3.05) is 18.9 Å². The zero-order valence-corrected chi connectivity index (χ0v) is 19.3. The molecule has 0 heterocycles. The molecular formula is C23H23ClN2O5S. The number of sulfonamides is 1. The molecule has 0 radical (unpaired) electrons. The molecule has 0 bridgehead atoms. The van der Waals surface area contributed by atoms with E-state index in [1.54, 1.807) is 49.6 Å². The van der Waals surface area contributed by atoms with Gasteiger partial charge in [-0.3, -0.25) is 9.52 Å². The van der Waals surface area contributed by atoms with Gasteiger partial charge in [0.15, 0.2) is 11.5 Å². The number of para-hydroxylation sites is 1. The molecule has 0 fully saturated rings. The number of benzene rings is 3. The third-order valence-electron chi connectivity index (χ3n) is 4.76. The van der Waals surface area contributed by atoms with E-state index in [-0.39, 0.29) is 21.5 Å². The molecule has 3 aromatic rings. The highest BCUT2D eigenvalue weighted by Crippen LogP contribution is 2.30. The smallest absolute Gasteiger partial charge is 0.263 e. The Hall–Kier alpha value is -3.23. The van der Waals surface area contributed by atoms with Gasteiger partial charge >= 0.3 is 0 Å². The van der Waals surface area contributed by atoms with Crippen LogP contribution in [0.2, 0.25) is 5.02 Å². The standard InChI is InChI=1S/C23H23ClN2O5S/c1-15(16-10-12-20(30-2)21(13-16)31-3)25-23(27)17-9-11-19(24)22(14-17)32(28,29)26-18-7-5-4-6-8-18/h4-15,26H,1-3H3,(H,25,27)/t15-/m0/s1. The van der Waals surface area contributed by atoms with Crippen molar-refractivity contribution in [1.82, 2.24) is 5.32 Å². The zero-order valence-electron chi connectivity index (χ0n) is 17.8. The van der Waals surface area contributed by atoms with Crippen molar-refractivity contribution in [1.29, 1.82) is 0 Å². The van der Waals surface area contributed by atoms with Crippen LogP contribution in [-0.4, -0.2) is 28.5 Å². The third kappa shape index (κ3) is 5.33. The lowest BCUT2D eigenvalue weighted by Gasteiger charge is -2.17. The van der Waals surface area contributed by atoms with Gasteiger partial charge in [-0.25, -0.2) is 8.42 Å². The second kappa shape index (κ2) is 9.93. The van der Waals surface area contributed by atoms with Crippen LogP contribution in [0.1, 0.15) is 28.9 Å². The van der Waals surface area contributed by atoms with Crippen molar-refractivity contribution < 1.29 is 22.7 Å². The van der Waals surface area contributed by atoms with Crippen LogP contribution in [0.4, 0.5) is 5.69 Å². The van der Waals surface area contributed by atoms with Crippen LogP contribution in [0.5, 0.6) is 11.5 Å². The number of hydrogen-bond donors (Lipinski definition) is 2. The van der Waals surface area contributed by atoms with E-state index in [0.717, 1.165) is 5.56 Å². The average molecular weight is 475 g/mol. The van der Waals surface area contributed by atoms with E-state index < -0.39 is 15.9 Å². The first-order chi connectivity index (χ1) is 15.2. The lowest BCUT2D eigenvalue weighted by atomic mass is 10.1. The van der Waals surface area contributed by atoms with E-state index in [1.165, 1.54) is 25.3 Å². The van der Waals surface area contributed by atoms with Crippen molar-refractivity contribution in [2.24, 2.45) is 0 Å². The molecule has 7 nitrogen and oxygen atoms in total. The first-order valence-corrected chi connectivity index (χ1v) is 11.5. The number of anilines is 1. The van der Waals surface area contributed by atoms with Crippen molar-refractivity contribution in [2.45, 2.75) is 17.9 Å². The minimum Gasteiger partial charge on any atom is -0.493 e. The second-order valence-electron chi connectivity index (χ2n) is 6.93. The van der Waals surface area contributed by atoms with Crippen LogP contribution in [0.3, 0.4) is 0 Å². The highest BCUT2D eigenvalue weighted by atomic mass is 35.5. The van der Waals surface area contributed by atoms with E-state index in [9.17, 15) is 13.2 Å². The predicted molar refractivity (Wildman–Crippen MR) is 124 cm³/mol. The lowest BCUT2D eigenvalue weighted by molar-refractivity contribution is 0.0939. The molecular weight excluding hydrogens is 452 g/mol. The summed E-state index contributed by atoms with van der Waals surface area (Å²) < 4.78 is 38.6. The predicted octanol–water partition coefficient (Wildman–Crippen LogP) is 4.65. The highest BCUT2D eigenvalue weighted by Gasteiger charge is 2.21. The summed E-state index contributed by atoms with van der Waals surface area (Å²) in [5.41, 5.74) is 1.35. The monoisotopic (exact) mass is 474 g/mol. The molecule has 1 atom stereocenters. The number of methoxy groups -OCH3 is 2. The number of nitrogens with one attached hydrogen (secondary N) is 2. The Morgan fingerprint density at radius 3 is 2.28 bits per heavy atom. The Kier molecular flexibility index (Phi) is 7.27. The summed E-state index contributed by atoms with van der Waals surface area (Å²) in [5, 5.41) is 2.87. The Labute approximate surface area is 192 Å². The number of rotatable bonds is 8. The molecule has 0 saturated heterocycles. The fraction of sp³-hybridized carbons (Fsp3) is 0.174. The van der Waals surface area contributed by atoms with E-state index in [4.69, 9.17) is 21.1 Å². The topological polar surface area (TPSA) is 93.7 Å². The molecule has 9 heteroatoms. The maximum absolute atomic E-state index is 12.8. The van der Waals surface area contributed by atoms with Gasteiger partial charge in [0.1, 0.15) is 4.90 Å². The molecule has 2 N–H and O–H groups in total. The first-order valence-electron chi connectivity index (χ1n) is 9.65. The SMILES string of the molecule is COc1ccc([C@H](C)NC(=O)c2ccc(Cl)c(S(=O)(=O)Nc3ccccc3)c2)cc1OC. The fourth-order valence-corrected chi connectivity index (χ4v) is 4.64. The van der Waals surface area contributed by atoms with Gasteiger partial charge < -0.3 is 14.8 Å². The summed E-state index contributed by atoms with van der Waals surface area (Å²) in [6.45, 7) is 1.81. The average Bonchev–Trinajstić information content (AvgIpc) is 2.78. The summed E-state index contributed by atoms with van der Waals surface area (Å²) >= 11 is 6.14. The normalized spacial score (nSPS) is 12.0. The molecule has 3 rings (SSSR count). The van der Waals surface area contributed by atoms with Crippen LogP contribution in [0, 0.1) is 0 Å². The molecule has 168 valence electrons. The van der Waals surface area contributed by atoms with Crippen LogP contribution in [-0.2, 0) is 10.0 Å². The van der Waals surface area contributed by atoms with Gasteiger partial charge in [0, 0.05) is 11.3 Å². The number of carbonyl (C=O) groups excluding carboxylic acids is 1. The highest BCUT2D eigenvalue weighted by molar-refractivity contribution is 7.92. The summed E-state index contributed by atoms with van der Waals surface area (Å²) in [6, 6.07) is 17.5. The molecule has 0 unspecified atom stereocenters. The quantitative estimate of drug-likeness (QED) is 0.495. The molecule has 32 heavy (non-hydrogen) atoms. The van der Waals surface area contributed by atoms with Gasteiger partial charge in [-0.05, 0) is 55.0 Å². The maximum Gasteiger partial charge on any atom is 0.263 e. The molecule has 3 aromatic carbocycles. The van der Waals surface area contributed by atoms with Gasteiger partial charge in [-0.2, -0.15) is 0 Å².